The van der Waals surface area contributed by atoms with Crippen LogP contribution in [-0.4, -0.2) is 42.9 Å². The molecule has 0 aliphatic carbocycles. The van der Waals surface area contributed by atoms with Crippen molar-refractivity contribution >= 4 is 17.3 Å². The Morgan fingerprint density at radius 3 is 2.83 bits per heavy atom. The van der Waals surface area contributed by atoms with E-state index in [0.717, 1.165) is 18.4 Å². The molecular formula is C22H25N5O2. The summed E-state index contributed by atoms with van der Waals surface area (Å²) in [7, 11) is 1.66. The van der Waals surface area contributed by atoms with Gasteiger partial charge >= 0.3 is 0 Å². The van der Waals surface area contributed by atoms with E-state index in [1.807, 2.05) is 13.0 Å². The number of aryl methyl sites for hydroxylation is 1. The summed E-state index contributed by atoms with van der Waals surface area (Å²) in [6.07, 6.45) is 4.91. The number of hydrogen-bond donors (Lipinski definition) is 2. The van der Waals surface area contributed by atoms with Crippen LogP contribution >= 0.6 is 0 Å². The van der Waals surface area contributed by atoms with E-state index in [9.17, 15) is 10.1 Å². The highest BCUT2D eigenvalue weighted by Gasteiger charge is 2.29. The number of amidine groups is 1. The fraction of sp³-hybridized carbons (Fsp3) is 0.318. The van der Waals surface area contributed by atoms with Gasteiger partial charge < -0.3 is 15.8 Å². The molecule has 1 aromatic carbocycles. The molecule has 1 amide bonds. The highest BCUT2D eigenvalue weighted by atomic mass is 16.5. The smallest absolute Gasteiger partial charge is 0.259 e. The number of nitrogens with two attached hydrogens (primary N) is 1. The number of benzene rings is 1. The lowest BCUT2D eigenvalue weighted by Crippen LogP contribution is -2.39. The molecular weight excluding hydrogens is 366 g/mol. The highest BCUT2D eigenvalue weighted by Crippen LogP contribution is 2.28. The van der Waals surface area contributed by atoms with Gasteiger partial charge in [0.05, 0.1) is 11.6 Å². The van der Waals surface area contributed by atoms with E-state index >= 15 is 0 Å². The maximum Gasteiger partial charge on any atom is 0.259 e. The normalized spacial score (nSPS) is 20.5. The third-order valence-corrected chi connectivity index (χ3v) is 5.08. The Morgan fingerprint density at radius 2 is 2.17 bits per heavy atom. The molecule has 7 nitrogen and oxygen atoms in total. The fourth-order valence-corrected chi connectivity index (χ4v) is 3.43. The number of carbonyl (C=O) groups is 1. The molecule has 0 saturated carbocycles. The number of carbonyl (C=O) groups excluding carboxylic acids is 1. The lowest BCUT2D eigenvalue weighted by Gasteiger charge is -2.28. The van der Waals surface area contributed by atoms with Crippen molar-refractivity contribution in [3.05, 3.63) is 65.1 Å². The summed E-state index contributed by atoms with van der Waals surface area (Å²) in [5.41, 5.74) is 9.04. The third-order valence-electron chi connectivity index (χ3n) is 5.08. The molecule has 0 radical (unpaired) electrons. The molecule has 3 N–H and O–H groups in total. The van der Waals surface area contributed by atoms with Crippen LogP contribution in [0.1, 0.15) is 29.5 Å². The molecule has 2 aliphatic rings. The number of likely N-dealkylation sites (N-methyl/N-ethyl adjacent to an activating group) is 1. The summed E-state index contributed by atoms with van der Waals surface area (Å²) in [5.74, 6) is 0.691. The Morgan fingerprint density at radius 1 is 1.45 bits per heavy atom. The van der Waals surface area contributed by atoms with Gasteiger partial charge in [0.1, 0.15) is 11.7 Å². The first-order chi connectivity index (χ1) is 13.9. The van der Waals surface area contributed by atoms with Gasteiger partial charge in [0, 0.05) is 43.6 Å². The van der Waals surface area contributed by atoms with Crippen LogP contribution < -0.4 is 11.1 Å². The van der Waals surface area contributed by atoms with E-state index in [0.29, 0.717) is 47.1 Å². The maximum absolute atomic E-state index is 13.1. The molecule has 1 fully saturated rings. The van der Waals surface area contributed by atoms with Crippen molar-refractivity contribution in [1.29, 1.82) is 5.26 Å². The SMILES string of the molecule is C=C(/N=C1\C(=C/N)C=C(c2cc(C#N)ccc2C)C(=O)N1C)NC1CCOCC1. The second kappa shape index (κ2) is 8.76. The van der Waals surface area contributed by atoms with Gasteiger partial charge in [-0.1, -0.05) is 12.6 Å². The van der Waals surface area contributed by atoms with Gasteiger partial charge in [-0.3, -0.25) is 9.69 Å². The first kappa shape index (κ1) is 20.4. The van der Waals surface area contributed by atoms with Gasteiger partial charge in [0.2, 0.25) is 0 Å². The summed E-state index contributed by atoms with van der Waals surface area (Å²) >= 11 is 0. The van der Waals surface area contributed by atoms with Crippen LogP contribution in [-0.2, 0) is 9.53 Å². The third kappa shape index (κ3) is 4.39. The van der Waals surface area contributed by atoms with Crippen molar-refractivity contribution in [2.45, 2.75) is 25.8 Å². The lowest BCUT2D eigenvalue weighted by atomic mass is 9.93. The van der Waals surface area contributed by atoms with Crippen molar-refractivity contribution in [3.8, 4) is 6.07 Å². The minimum absolute atomic E-state index is 0.216. The van der Waals surface area contributed by atoms with E-state index in [1.165, 1.54) is 11.1 Å². The molecule has 7 heteroatoms. The Bertz CT molecular complexity index is 962. The Kier molecular flexibility index (Phi) is 6.15. The van der Waals surface area contributed by atoms with Gasteiger partial charge in [0.15, 0.2) is 0 Å². The van der Waals surface area contributed by atoms with Crippen LogP contribution in [0.15, 0.2) is 53.4 Å². The van der Waals surface area contributed by atoms with Crippen LogP contribution in [0.25, 0.3) is 5.57 Å². The van der Waals surface area contributed by atoms with E-state index < -0.39 is 0 Å². The molecule has 0 unspecified atom stereocenters. The van der Waals surface area contributed by atoms with Crippen LogP contribution in [0.4, 0.5) is 0 Å². The fourth-order valence-electron chi connectivity index (χ4n) is 3.43. The quantitative estimate of drug-likeness (QED) is 0.819. The second-order valence-corrected chi connectivity index (χ2v) is 7.10. The number of nitrogens with zero attached hydrogens (tertiary/aromatic N) is 3. The van der Waals surface area contributed by atoms with Crippen LogP contribution in [0.3, 0.4) is 0 Å². The minimum atomic E-state index is -0.216. The molecule has 0 atom stereocenters. The van der Waals surface area contributed by atoms with Gasteiger partial charge in [-0.25, -0.2) is 4.99 Å². The predicted molar refractivity (Wildman–Crippen MR) is 112 cm³/mol. The van der Waals surface area contributed by atoms with Gasteiger partial charge in [-0.15, -0.1) is 0 Å². The number of aliphatic imine (C=N–C) groups is 1. The van der Waals surface area contributed by atoms with Crippen LogP contribution in [0.5, 0.6) is 0 Å². The van der Waals surface area contributed by atoms with Crippen molar-refractivity contribution in [3.63, 3.8) is 0 Å². The molecule has 2 aliphatic heterocycles. The summed E-state index contributed by atoms with van der Waals surface area (Å²) in [4.78, 5) is 19.1. The minimum Gasteiger partial charge on any atom is -0.404 e. The van der Waals surface area contributed by atoms with Crippen molar-refractivity contribution in [2.24, 2.45) is 10.7 Å². The first-order valence-corrected chi connectivity index (χ1v) is 9.49. The average Bonchev–Trinajstić information content (AvgIpc) is 2.73. The molecule has 29 heavy (non-hydrogen) atoms. The van der Waals surface area contributed by atoms with Crippen molar-refractivity contribution in [2.75, 3.05) is 20.3 Å². The summed E-state index contributed by atoms with van der Waals surface area (Å²) in [6, 6.07) is 7.64. The maximum atomic E-state index is 13.1. The first-order valence-electron chi connectivity index (χ1n) is 9.49. The molecule has 0 aromatic heterocycles. The zero-order valence-electron chi connectivity index (χ0n) is 16.7. The summed E-state index contributed by atoms with van der Waals surface area (Å²) in [5, 5.41) is 12.5. The Hall–Kier alpha value is -3.37. The van der Waals surface area contributed by atoms with Crippen LogP contribution in [0.2, 0.25) is 0 Å². The number of nitrogens with one attached hydrogen (secondary N) is 1. The number of hydrogen-bond acceptors (Lipinski definition) is 6. The van der Waals surface area contributed by atoms with Crippen molar-refractivity contribution in [1.82, 2.24) is 10.2 Å². The average molecular weight is 391 g/mol. The predicted octanol–water partition coefficient (Wildman–Crippen LogP) is 2.20. The number of nitriles is 1. The van der Waals surface area contributed by atoms with Gasteiger partial charge in [-0.05, 0) is 49.1 Å². The molecule has 2 heterocycles. The number of ether oxygens (including phenoxy) is 1. The number of rotatable bonds is 4. The van der Waals surface area contributed by atoms with Crippen molar-refractivity contribution < 1.29 is 9.53 Å². The highest BCUT2D eigenvalue weighted by molar-refractivity contribution is 6.31. The van der Waals surface area contributed by atoms with Gasteiger partial charge in [0.25, 0.3) is 5.91 Å². The monoisotopic (exact) mass is 391 g/mol. The van der Waals surface area contributed by atoms with E-state index in [-0.39, 0.29) is 11.9 Å². The topological polar surface area (TPSA) is 104 Å². The summed E-state index contributed by atoms with van der Waals surface area (Å²) in [6.45, 7) is 7.30. The summed E-state index contributed by atoms with van der Waals surface area (Å²) < 4.78 is 5.36. The van der Waals surface area contributed by atoms with E-state index in [2.05, 4.69) is 23.0 Å². The molecule has 150 valence electrons. The zero-order valence-corrected chi connectivity index (χ0v) is 16.7. The molecule has 3 rings (SSSR count). The number of amides is 1. The molecule has 0 spiro atoms. The van der Waals surface area contributed by atoms with Crippen LogP contribution in [0, 0.1) is 18.3 Å². The zero-order chi connectivity index (χ0) is 21.0. The lowest BCUT2D eigenvalue weighted by molar-refractivity contribution is -0.120. The van der Waals surface area contributed by atoms with Gasteiger partial charge in [-0.2, -0.15) is 5.26 Å². The largest absolute Gasteiger partial charge is 0.404 e. The van der Waals surface area contributed by atoms with E-state index in [1.54, 1.807) is 25.3 Å². The molecule has 0 bridgehead atoms. The Labute approximate surface area is 170 Å². The standard InChI is InChI=1S/C22H25N5O2/c1-14-4-5-16(12-23)10-19(14)20-11-17(13-24)21(27(3)22(20)28)26-15(2)25-18-6-8-29-9-7-18/h4-5,10-11,13,18,25H,2,6-9,24H2,1,3H3/b17-13-,26-21+. The molecule has 1 saturated heterocycles. The Balaban J connectivity index is 1.92. The van der Waals surface area contributed by atoms with E-state index in [4.69, 9.17) is 10.5 Å². The second-order valence-electron chi connectivity index (χ2n) is 7.10. The molecule has 1 aromatic rings.